The fourth-order valence-corrected chi connectivity index (χ4v) is 3.20. The Balaban J connectivity index is 2.07. The van der Waals surface area contributed by atoms with Crippen molar-refractivity contribution in [2.24, 2.45) is 0 Å². The van der Waals surface area contributed by atoms with E-state index in [1.54, 1.807) is 18.2 Å². The van der Waals surface area contributed by atoms with Gasteiger partial charge in [0.1, 0.15) is 5.75 Å². The van der Waals surface area contributed by atoms with Crippen molar-refractivity contribution in [2.75, 3.05) is 21.3 Å². The van der Waals surface area contributed by atoms with Gasteiger partial charge >= 0.3 is 5.97 Å². The SMILES string of the molecule is COc1cc(OC)c(OC)cc1/C=C(\CC(=O)O)c1nc(-c2ccsc2)no1. The number of nitrogens with zero attached hydrogens (tertiary/aromatic N) is 2. The minimum Gasteiger partial charge on any atom is -0.496 e. The topological polar surface area (TPSA) is 104 Å². The second-order valence-electron chi connectivity index (χ2n) is 5.62. The Labute approximate surface area is 165 Å². The quantitative estimate of drug-likeness (QED) is 0.606. The van der Waals surface area contributed by atoms with Crippen molar-refractivity contribution >= 4 is 29.0 Å². The van der Waals surface area contributed by atoms with Gasteiger partial charge in [0.25, 0.3) is 5.89 Å². The number of ether oxygens (including phenoxy) is 3. The van der Waals surface area contributed by atoms with E-state index in [0.29, 0.717) is 34.2 Å². The smallest absolute Gasteiger partial charge is 0.308 e. The van der Waals surface area contributed by atoms with E-state index < -0.39 is 5.97 Å². The number of methoxy groups -OCH3 is 3. The summed E-state index contributed by atoms with van der Waals surface area (Å²) in [4.78, 5) is 15.7. The Kier molecular flexibility index (Phi) is 5.95. The molecule has 2 aromatic heterocycles. The molecule has 0 saturated carbocycles. The minimum atomic E-state index is -1.03. The van der Waals surface area contributed by atoms with Crippen LogP contribution in [0.15, 0.2) is 33.5 Å². The molecule has 0 unspecified atom stereocenters. The zero-order valence-electron chi connectivity index (χ0n) is 15.5. The van der Waals surface area contributed by atoms with Crippen LogP contribution < -0.4 is 14.2 Å². The molecule has 0 amide bonds. The predicted molar refractivity (Wildman–Crippen MR) is 104 cm³/mol. The lowest BCUT2D eigenvalue weighted by Gasteiger charge is -2.12. The predicted octanol–water partition coefficient (Wildman–Crippen LogP) is 3.84. The number of thiophene rings is 1. The lowest BCUT2D eigenvalue weighted by atomic mass is 10.1. The van der Waals surface area contributed by atoms with Crippen molar-refractivity contribution < 1.29 is 28.6 Å². The summed E-state index contributed by atoms with van der Waals surface area (Å²) in [6.45, 7) is 0. The fraction of sp³-hybridized carbons (Fsp3) is 0.211. The monoisotopic (exact) mass is 402 g/mol. The van der Waals surface area contributed by atoms with Crippen molar-refractivity contribution in [3.05, 3.63) is 40.4 Å². The molecule has 1 N–H and O–H groups in total. The maximum Gasteiger partial charge on any atom is 0.308 e. The molecule has 1 aromatic carbocycles. The highest BCUT2D eigenvalue weighted by Crippen LogP contribution is 2.37. The number of carboxylic acids is 1. The van der Waals surface area contributed by atoms with Crippen molar-refractivity contribution in [3.63, 3.8) is 0 Å². The molecule has 2 heterocycles. The molecule has 0 bridgehead atoms. The maximum absolute atomic E-state index is 11.4. The van der Waals surface area contributed by atoms with Crippen LogP contribution in [0.3, 0.4) is 0 Å². The molecule has 0 saturated heterocycles. The first-order valence-electron chi connectivity index (χ1n) is 8.14. The van der Waals surface area contributed by atoms with Crippen LogP contribution in [-0.2, 0) is 4.79 Å². The lowest BCUT2D eigenvalue weighted by Crippen LogP contribution is -1.99. The summed E-state index contributed by atoms with van der Waals surface area (Å²) in [5.74, 6) is 0.953. The molecule has 9 heteroatoms. The van der Waals surface area contributed by atoms with Gasteiger partial charge in [-0.25, -0.2) is 0 Å². The largest absolute Gasteiger partial charge is 0.496 e. The van der Waals surface area contributed by atoms with E-state index in [9.17, 15) is 9.90 Å². The van der Waals surface area contributed by atoms with E-state index in [0.717, 1.165) is 5.56 Å². The molecule has 8 nitrogen and oxygen atoms in total. The number of carboxylic acid groups (broad SMARTS) is 1. The van der Waals surface area contributed by atoms with Gasteiger partial charge in [0, 0.05) is 28.1 Å². The van der Waals surface area contributed by atoms with Crippen LogP contribution in [-0.4, -0.2) is 42.5 Å². The van der Waals surface area contributed by atoms with E-state index in [4.69, 9.17) is 18.7 Å². The molecule has 0 aliphatic carbocycles. The molecule has 0 aliphatic heterocycles. The van der Waals surface area contributed by atoms with E-state index in [2.05, 4.69) is 10.1 Å². The Hall–Kier alpha value is -3.33. The molecule has 0 aliphatic rings. The third-order valence-corrected chi connectivity index (χ3v) is 4.57. The number of rotatable bonds is 8. The molecule has 3 aromatic rings. The van der Waals surface area contributed by atoms with Crippen LogP contribution in [0.25, 0.3) is 23.0 Å². The Bertz CT molecular complexity index is 994. The van der Waals surface area contributed by atoms with Gasteiger partial charge < -0.3 is 23.8 Å². The number of hydrogen-bond acceptors (Lipinski definition) is 8. The van der Waals surface area contributed by atoms with Crippen LogP contribution in [0.4, 0.5) is 0 Å². The Morgan fingerprint density at radius 1 is 1.18 bits per heavy atom. The van der Waals surface area contributed by atoms with Gasteiger partial charge in [-0.2, -0.15) is 16.3 Å². The highest BCUT2D eigenvalue weighted by atomic mass is 32.1. The van der Waals surface area contributed by atoms with Crippen LogP contribution in [0.5, 0.6) is 17.2 Å². The van der Waals surface area contributed by atoms with Gasteiger partial charge in [0.2, 0.25) is 5.82 Å². The lowest BCUT2D eigenvalue weighted by molar-refractivity contribution is -0.135. The van der Waals surface area contributed by atoms with Crippen LogP contribution in [0, 0.1) is 0 Å². The van der Waals surface area contributed by atoms with Crippen molar-refractivity contribution in [2.45, 2.75) is 6.42 Å². The summed E-state index contributed by atoms with van der Waals surface area (Å²) in [7, 11) is 4.55. The number of hydrogen-bond donors (Lipinski definition) is 1. The van der Waals surface area contributed by atoms with Crippen molar-refractivity contribution in [3.8, 4) is 28.6 Å². The minimum absolute atomic E-state index is 0.125. The van der Waals surface area contributed by atoms with Gasteiger partial charge in [0.15, 0.2) is 11.5 Å². The number of aromatic nitrogens is 2. The fourth-order valence-electron chi connectivity index (χ4n) is 2.57. The van der Waals surface area contributed by atoms with Gasteiger partial charge in [-0.1, -0.05) is 5.16 Å². The first-order valence-corrected chi connectivity index (χ1v) is 9.09. The molecule has 0 atom stereocenters. The third kappa shape index (κ3) is 4.15. The van der Waals surface area contributed by atoms with E-state index in [1.165, 1.54) is 32.7 Å². The normalized spacial score (nSPS) is 11.3. The maximum atomic E-state index is 11.4. The number of benzene rings is 1. The van der Waals surface area contributed by atoms with E-state index in [1.807, 2.05) is 16.8 Å². The molecular weight excluding hydrogens is 384 g/mol. The Morgan fingerprint density at radius 3 is 2.50 bits per heavy atom. The van der Waals surface area contributed by atoms with Gasteiger partial charge in [-0.3, -0.25) is 4.79 Å². The summed E-state index contributed by atoms with van der Waals surface area (Å²) < 4.78 is 21.3. The highest BCUT2D eigenvalue weighted by molar-refractivity contribution is 7.08. The molecule has 0 fully saturated rings. The zero-order valence-corrected chi connectivity index (χ0v) is 16.3. The third-order valence-electron chi connectivity index (χ3n) is 3.89. The summed E-state index contributed by atoms with van der Waals surface area (Å²) >= 11 is 1.51. The molecule has 28 heavy (non-hydrogen) atoms. The standard InChI is InChI=1S/C19H18N2O6S/c1-24-14-9-16(26-3)15(25-2)7-12(14)6-13(8-17(22)23)19-20-18(21-27-19)11-4-5-28-10-11/h4-7,9-10H,8H2,1-3H3,(H,22,23)/b13-6+. The highest BCUT2D eigenvalue weighted by Gasteiger charge is 2.18. The zero-order chi connectivity index (χ0) is 20.1. The van der Waals surface area contributed by atoms with Gasteiger partial charge in [-0.15, -0.1) is 0 Å². The number of carbonyl (C=O) groups is 1. The first-order chi connectivity index (χ1) is 13.5. The molecule has 0 radical (unpaired) electrons. The van der Waals surface area contributed by atoms with E-state index >= 15 is 0 Å². The molecular formula is C19H18N2O6S. The summed E-state index contributed by atoms with van der Waals surface area (Å²) in [6, 6.07) is 5.21. The van der Waals surface area contributed by atoms with Gasteiger partial charge in [0.05, 0.1) is 27.8 Å². The van der Waals surface area contributed by atoms with Crippen LogP contribution in [0.2, 0.25) is 0 Å². The summed E-state index contributed by atoms with van der Waals surface area (Å²) in [6.07, 6.45) is 1.32. The second kappa shape index (κ2) is 8.57. The average Bonchev–Trinajstić information content (AvgIpc) is 3.38. The average molecular weight is 402 g/mol. The molecule has 3 rings (SSSR count). The molecule has 146 valence electrons. The van der Waals surface area contributed by atoms with Crippen molar-refractivity contribution in [1.82, 2.24) is 10.1 Å². The number of aliphatic carboxylic acids is 1. The van der Waals surface area contributed by atoms with E-state index in [-0.39, 0.29) is 12.3 Å². The first kappa shape index (κ1) is 19.4. The second-order valence-corrected chi connectivity index (χ2v) is 6.40. The molecule has 0 spiro atoms. The van der Waals surface area contributed by atoms with Crippen molar-refractivity contribution in [1.29, 1.82) is 0 Å². The van der Waals surface area contributed by atoms with Gasteiger partial charge in [-0.05, 0) is 23.6 Å². The summed E-state index contributed by atoms with van der Waals surface area (Å²) in [5.41, 5.74) is 1.73. The Morgan fingerprint density at radius 2 is 1.89 bits per heavy atom. The summed E-state index contributed by atoms with van der Waals surface area (Å²) in [5, 5.41) is 17.0. The van der Waals surface area contributed by atoms with Crippen LogP contribution >= 0.6 is 11.3 Å². The van der Waals surface area contributed by atoms with Crippen LogP contribution in [0.1, 0.15) is 17.9 Å².